The summed E-state index contributed by atoms with van der Waals surface area (Å²) in [7, 11) is 0. The van der Waals surface area contributed by atoms with Crippen LogP contribution < -0.4 is 5.32 Å². The lowest BCUT2D eigenvalue weighted by Gasteiger charge is -2.10. The molecule has 5 heteroatoms. The molecule has 0 aliphatic rings. The lowest BCUT2D eigenvalue weighted by atomic mass is 10.1. The molecule has 0 aliphatic carbocycles. The molecule has 2 nitrogen and oxygen atoms in total. The Morgan fingerprint density at radius 1 is 1.00 bits per heavy atom. The van der Waals surface area contributed by atoms with Gasteiger partial charge in [0.25, 0.3) is 0 Å². The summed E-state index contributed by atoms with van der Waals surface area (Å²) in [5.74, 6) is -0.101. The highest BCUT2D eigenvalue weighted by atomic mass is 35.5. The quantitative estimate of drug-likeness (QED) is 0.778. The van der Waals surface area contributed by atoms with Gasteiger partial charge in [-0.3, -0.25) is 4.79 Å². The Morgan fingerprint density at radius 2 is 1.57 bits per heavy atom. The molecule has 21 heavy (non-hydrogen) atoms. The van der Waals surface area contributed by atoms with Crippen LogP contribution in [0.5, 0.6) is 0 Å². The fourth-order valence-electron chi connectivity index (χ4n) is 1.97. The van der Waals surface area contributed by atoms with Gasteiger partial charge < -0.3 is 5.32 Å². The van der Waals surface area contributed by atoms with E-state index in [1.54, 1.807) is 30.3 Å². The molecule has 0 unspecified atom stereocenters. The number of carbonyl (C=O) groups is 1. The number of rotatable bonds is 4. The van der Waals surface area contributed by atoms with Gasteiger partial charge in [-0.2, -0.15) is 0 Å². The first-order valence-electron chi connectivity index (χ1n) is 6.47. The van der Waals surface area contributed by atoms with Crippen molar-refractivity contribution in [2.24, 2.45) is 0 Å². The van der Waals surface area contributed by atoms with Crippen molar-refractivity contribution in [3.8, 4) is 0 Å². The van der Waals surface area contributed by atoms with Crippen molar-refractivity contribution in [3.05, 3.63) is 62.6 Å². The summed E-state index contributed by atoms with van der Waals surface area (Å²) in [6.45, 7) is 1.86. The molecule has 0 saturated carbocycles. The van der Waals surface area contributed by atoms with Crippen molar-refractivity contribution >= 4 is 46.4 Å². The molecule has 0 saturated heterocycles. The normalized spacial score (nSPS) is 10.5. The van der Waals surface area contributed by atoms with Crippen LogP contribution in [0.1, 0.15) is 17.5 Å². The number of benzene rings is 2. The van der Waals surface area contributed by atoms with E-state index in [4.69, 9.17) is 34.8 Å². The van der Waals surface area contributed by atoms with Gasteiger partial charge in [0.15, 0.2) is 0 Å². The third-order valence-corrected chi connectivity index (χ3v) is 4.32. The second-order valence-electron chi connectivity index (χ2n) is 4.66. The zero-order valence-electron chi connectivity index (χ0n) is 11.4. The second-order valence-corrected chi connectivity index (χ2v) is 5.88. The van der Waals surface area contributed by atoms with Crippen LogP contribution in [0.15, 0.2) is 36.4 Å². The largest absolute Gasteiger partial charge is 0.326 e. The van der Waals surface area contributed by atoms with Crippen molar-refractivity contribution in [2.45, 2.75) is 19.8 Å². The smallest absolute Gasteiger partial charge is 0.224 e. The molecule has 0 bridgehead atoms. The first-order valence-corrected chi connectivity index (χ1v) is 7.60. The number of amides is 1. The molecule has 0 fully saturated rings. The van der Waals surface area contributed by atoms with Gasteiger partial charge in [-0.15, -0.1) is 0 Å². The maximum Gasteiger partial charge on any atom is 0.224 e. The minimum absolute atomic E-state index is 0.101. The lowest BCUT2D eigenvalue weighted by Crippen LogP contribution is -2.13. The van der Waals surface area contributed by atoms with E-state index in [-0.39, 0.29) is 5.91 Å². The highest BCUT2D eigenvalue weighted by Gasteiger charge is 2.10. The van der Waals surface area contributed by atoms with E-state index in [1.165, 1.54) is 0 Å². The average molecular weight is 343 g/mol. The molecule has 0 spiro atoms. The number of halogens is 3. The van der Waals surface area contributed by atoms with Crippen molar-refractivity contribution in [2.75, 3.05) is 5.32 Å². The third-order valence-electron chi connectivity index (χ3n) is 3.21. The SMILES string of the molecule is Cc1c(Cl)cccc1NC(=O)CCc1c(Cl)cccc1Cl. The zero-order valence-corrected chi connectivity index (χ0v) is 13.7. The molecule has 1 amide bonds. The van der Waals surface area contributed by atoms with Gasteiger partial charge in [0.05, 0.1) is 0 Å². The molecule has 0 aromatic heterocycles. The zero-order chi connectivity index (χ0) is 15.4. The number of nitrogens with one attached hydrogen (secondary N) is 1. The van der Waals surface area contributed by atoms with Gasteiger partial charge in [-0.1, -0.05) is 46.9 Å². The molecule has 0 heterocycles. The second kappa shape index (κ2) is 7.17. The Bertz CT molecular complexity index is 650. The molecule has 1 N–H and O–H groups in total. The van der Waals surface area contributed by atoms with Crippen LogP contribution in [0.3, 0.4) is 0 Å². The van der Waals surface area contributed by atoms with Crippen LogP contribution in [0.25, 0.3) is 0 Å². The highest BCUT2D eigenvalue weighted by molar-refractivity contribution is 6.36. The molecule has 0 aliphatic heterocycles. The summed E-state index contributed by atoms with van der Waals surface area (Å²) in [6.07, 6.45) is 0.791. The Balaban J connectivity index is 2.01. The molecule has 2 aromatic carbocycles. The lowest BCUT2D eigenvalue weighted by molar-refractivity contribution is -0.116. The van der Waals surface area contributed by atoms with Crippen molar-refractivity contribution in [1.29, 1.82) is 0 Å². The summed E-state index contributed by atoms with van der Waals surface area (Å²) in [5, 5.41) is 4.63. The van der Waals surface area contributed by atoms with E-state index in [2.05, 4.69) is 5.32 Å². The van der Waals surface area contributed by atoms with Crippen LogP contribution in [-0.2, 0) is 11.2 Å². The van der Waals surface area contributed by atoms with Gasteiger partial charge in [0.1, 0.15) is 0 Å². The number of hydrogen-bond acceptors (Lipinski definition) is 1. The van der Waals surface area contributed by atoms with E-state index < -0.39 is 0 Å². The van der Waals surface area contributed by atoms with E-state index in [9.17, 15) is 4.79 Å². The molecule has 2 aromatic rings. The fraction of sp³-hybridized carbons (Fsp3) is 0.188. The van der Waals surface area contributed by atoms with E-state index >= 15 is 0 Å². The minimum Gasteiger partial charge on any atom is -0.326 e. The van der Waals surface area contributed by atoms with Gasteiger partial charge >= 0.3 is 0 Å². The van der Waals surface area contributed by atoms with Crippen LogP contribution in [-0.4, -0.2) is 5.91 Å². The molecular weight excluding hydrogens is 329 g/mol. The fourth-order valence-corrected chi connectivity index (χ4v) is 2.73. The predicted octanol–water partition coefficient (Wildman–Crippen LogP) is 5.53. The van der Waals surface area contributed by atoms with Crippen molar-refractivity contribution < 1.29 is 4.79 Å². The monoisotopic (exact) mass is 341 g/mol. The van der Waals surface area contributed by atoms with Gasteiger partial charge in [0.2, 0.25) is 5.91 Å². The van der Waals surface area contributed by atoms with Crippen LogP contribution >= 0.6 is 34.8 Å². The Labute approximate surface area is 139 Å². The maximum atomic E-state index is 12.0. The predicted molar refractivity (Wildman–Crippen MR) is 89.6 cm³/mol. The van der Waals surface area contributed by atoms with Crippen molar-refractivity contribution in [3.63, 3.8) is 0 Å². The van der Waals surface area contributed by atoms with E-state index in [0.29, 0.717) is 27.9 Å². The maximum absolute atomic E-state index is 12.0. The van der Waals surface area contributed by atoms with Crippen LogP contribution in [0, 0.1) is 6.92 Å². The van der Waals surface area contributed by atoms with Gasteiger partial charge in [-0.05, 0) is 48.7 Å². The molecule has 110 valence electrons. The summed E-state index contributed by atoms with van der Waals surface area (Å²) < 4.78 is 0. The van der Waals surface area contributed by atoms with Gasteiger partial charge in [-0.25, -0.2) is 0 Å². The average Bonchev–Trinajstić information content (AvgIpc) is 2.43. The Kier molecular flexibility index (Phi) is 5.51. The van der Waals surface area contributed by atoms with Gasteiger partial charge in [0, 0.05) is 27.2 Å². The standard InChI is InChI=1S/C16H14Cl3NO/c1-10-12(17)4-3-7-15(10)20-16(21)9-8-11-13(18)5-2-6-14(11)19/h2-7H,8-9H2,1H3,(H,20,21). The Morgan fingerprint density at radius 3 is 2.24 bits per heavy atom. The molecule has 0 atom stereocenters. The first-order chi connectivity index (χ1) is 9.99. The summed E-state index contributed by atoms with van der Waals surface area (Å²) >= 11 is 18.2. The Hall–Kier alpha value is -1.22. The minimum atomic E-state index is -0.101. The summed E-state index contributed by atoms with van der Waals surface area (Å²) in [5.41, 5.74) is 2.36. The summed E-state index contributed by atoms with van der Waals surface area (Å²) in [4.78, 5) is 12.0. The van der Waals surface area contributed by atoms with Crippen LogP contribution in [0.4, 0.5) is 5.69 Å². The number of carbonyl (C=O) groups excluding carboxylic acids is 1. The number of anilines is 1. The third kappa shape index (κ3) is 4.13. The molecular formula is C16H14Cl3NO. The van der Waals surface area contributed by atoms with Crippen molar-refractivity contribution in [1.82, 2.24) is 0 Å². The summed E-state index contributed by atoms with van der Waals surface area (Å²) in [6, 6.07) is 10.7. The van der Waals surface area contributed by atoms with Crippen LogP contribution in [0.2, 0.25) is 15.1 Å². The molecule has 2 rings (SSSR count). The highest BCUT2D eigenvalue weighted by Crippen LogP contribution is 2.26. The molecule has 0 radical (unpaired) electrons. The van der Waals surface area contributed by atoms with E-state index in [0.717, 1.165) is 16.8 Å². The number of hydrogen-bond donors (Lipinski definition) is 1. The first kappa shape index (κ1) is 16.2. The van der Waals surface area contributed by atoms with E-state index in [1.807, 2.05) is 13.0 Å². The topological polar surface area (TPSA) is 29.1 Å².